The summed E-state index contributed by atoms with van der Waals surface area (Å²) in [6, 6.07) is 1.23. The molecule has 3 heteroatoms. The SMILES string of the molecule is CC12CC1CCCC2N[C@@H]1CC[C@H](C(N)=O)C1. The first kappa shape index (κ1) is 11.5. The van der Waals surface area contributed by atoms with Crippen LogP contribution in [0.25, 0.3) is 0 Å². The van der Waals surface area contributed by atoms with Crippen molar-refractivity contribution in [1.82, 2.24) is 5.32 Å². The molecular weight excluding hydrogens is 212 g/mol. The first-order valence-corrected chi connectivity index (χ1v) is 7.15. The minimum Gasteiger partial charge on any atom is -0.369 e. The maximum Gasteiger partial charge on any atom is 0.220 e. The van der Waals surface area contributed by atoms with Gasteiger partial charge in [0, 0.05) is 18.0 Å². The van der Waals surface area contributed by atoms with Crippen molar-refractivity contribution >= 4 is 5.91 Å². The second-order valence-electron chi connectivity index (χ2n) is 6.67. The summed E-state index contributed by atoms with van der Waals surface area (Å²) in [6.45, 7) is 2.44. The Morgan fingerprint density at radius 1 is 1.29 bits per heavy atom. The van der Waals surface area contributed by atoms with E-state index >= 15 is 0 Å². The van der Waals surface area contributed by atoms with E-state index in [1.807, 2.05) is 0 Å². The lowest BCUT2D eigenvalue weighted by Gasteiger charge is -2.32. The fraction of sp³-hybridized carbons (Fsp3) is 0.929. The Kier molecular flexibility index (Phi) is 2.69. The molecule has 3 N–H and O–H groups in total. The molecule has 0 bridgehead atoms. The Labute approximate surface area is 104 Å². The molecule has 1 amide bonds. The highest BCUT2D eigenvalue weighted by molar-refractivity contribution is 5.77. The van der Waals surface area contributed by atoms with Gasteiger partial charge in [-0.3, -0.25) is 4.79 Å². The molecule has 0 aromatic carbocycles. The van der Waals surface area contributed by atoms with E-state index in [9.17, 15) is 4.79 Å². The maximum absolute atomic E-state index is 11.2. The first-order chi connectivity index (χ1) is 8.09. The Morgan fingerprint density at radius 3 is 2.82 bits per heavy atom. The van der Waals surface area contributed by atoms with Gasteiger partial charge in [-0.05, 0) is 49.9 Å². The molecule has 3 nitrogen and oxygen atoms in total. The normalized spacial score (nSPS) is 48.8. The van der Waals surface area contributed by atoms with Crippen molar-refractivity contribution in [2.45, 2.75) is 64.0 Å². The van der Waals surface area contributed by atoms with Gasteiger partial charge in [-0.1, -0.05) is 13.3 Å². The third kappa shape index (κ3) is 1.99. The molecule has 3 aliphatic rings. The Balaban J connectivity index is 1.56. The highest BCUT2D eigenvalue weighted by Gasteiger charge is 2.56. The number of amides is 1. The van der Waals surface area contributed by atoms with Gasteiger partial charge in [0.15, 0.2) is 0 Å². The number of fused-ring (bicyclic) bond motifs is 1. The largest absolute Gasteiger partial charge is 0.369 e. The number of hydrogen-bond acceptors (Lipinski definition) is 2. The van der Waals surface area contributed by atoms with E-state index in [-0.39, 0.29) is 11.8 Å². The topological polar surface area (TPSA) is 55.1 Å². The van der Waals surface area contributed by atoms with Crippen molar-refractivity contribution in [3.63, 3.8) is 0 Å². The molecule has 3 rings (SSSR count). The third-order valence-corrected chi connectivity index (χ3v) is 5.57. The van der Waals surface area contributed by atoms with Crippen LogP contribution in [-0.2, 0) is 4.79 Å². The summed E-state index contributed by atoms with van der Waals surface area (Å²) < 4.78 is 0. The van der Waals surface area contributed by atoms with Crippen LogP contribution >= 0.6 is 0 Å². The van der Waals surface area contributed by atoms with Crippen LogP contribution in [0.3, 0.4) is 0 Å². The fourth-order valence-electron chi connectivity index (χ4n) is 4.18. The fourth-order valence-corrected chi connectivity index (χ4v) is 4.18. The second-order valence-corrected chi connectivity index (χ2v) is 6.67. The van der Waals surface area contributed by atoms with Crippen LogP contribution < -0.4 is 11.1 Å². The van der Waals surface area contributed by atoms with Gasteiger partial charge in [0.2, 0.25) is 5.91 Å². The average molecular weight is 236 g/mol. The molecule has 3 saturated carbocycles. The van der Waals surface area contributed by atoms with E-state index in [4.69, 9.17) is 5.73 Å². The quantitative estimate of drug-likeness (QED) is 0.785. The molecule has 0 aliphatic heterocycles. The van der Waals surface area contributed by atoms with Crippen molar-refractivity contribution in [3.05, 3.63) is 0 Å². The highest BCUT2D eigenvalue weighted by atomic mass is 16.1. The number of rotatable bonds is 3. The summed E-state index contributed by atoms with van der Waals surface area (Å²) in [4.78, 5) is 11.2. The minimum absolute atomic E-state index is 0.103. The summed E-state index contributed by atoms with van der Waals surface area (Å²) in [5, 5.41) is 3.83. The first-order valence-electron chi connectivity index (χ1n) is 7.15. The van der Waals surface area contributed by atoms with Gasteiger partial charge in [0.1, 0.15) is 0 Å². The zero-order valence-electron chi connectivity index (χ0n) is 10.7. The van der Waals surface area contributed by atoms with Crippen LogP contribution in [0, 0.1) is 17.3 Å². The molecule has 0 aromatic heterocycles. The van der Waals surface area contributed by atoms with Crippen LogP contribution in [0.15, 0.2) is 0 Å². The lowest BCUT2D eigenvalue weighted by atomic mass is 9.84. The van der Waals surface area contributed by atoms with Crippen LogP contribution in [0.1, 0.15) is 51.9 Å². The summed E-state index contributed by atoms with van der Waals surface area (Å²) in [6.07, 6.45) is 8.63. The highest BCUT2D eigenvalue weighted by Crippen LogP contribution is 2.61. The molecule has 0 radical (unpaired) electrons. The van der Waals surface area contributed by atoms with Crippen molar-refractivity contribution in [2.24, 2.45) is 23.0 Å². The van der Waals surface area contributed by atoms with Crippen LogP contribution in [0.2, 0.25) is 0 Å². The zero-order chi connectivity index (χ0) is 12.0. The molecule has 0 spiro atoms. The van der Waals surface area contributed by atoms with Crippen LogP contribution in [0.4, 0.5) is 0 Å². The number of hydrogen-bond donors (Lipinski definition) is 2. The van der Waals surface area contributed by atoms with E-state index < -0.39 is 0 Å². The van der Waals surface area contributed by atoms with Gasteiger partial charge in [0.05, 0.1) is 0 Å². The average Bonchev–Trinajstić information content (AvgIpc) is 2.75. The summed E-state index contributed by atoms with van der Waals surface area (Å²) in [7, 11) is 0. The van der Waals surface area contributed by atoms with E-state index in [1.54, 1.807) is 0 Å². The smallest absolute Gasteiger partial charge is 0.220 e. The molecule has 0 heterocycles. The molecular formula is C14H24N2O. The van der Waals surface area contributed by atoms with E-state index in [1.165, 1.54) is 25.7 Å². The van der Waals surface area contributed by atoms with Gasteiger partial charge >= 0.3 is 0 Å². The van der Waals surface area contributed by atoms with Gasteiger partial charge in [-0.2, -0.15) is 0 Å². The Hall–Kier alpha value is -0.570. The lowest BCUT2D eigenvalue weighted by molar-refractivity contribution is -0.121. The summed E-state index contributed by atoms with van der Waals surface area (Å²) in [5.74, 6) is 0.995. The Bertz CT molecular complexity index is 330. The standard InChI is InChI=1S/C14H24N2O/c1-14-8-10(14)3-2-4-12(14)16-11-6-5-9(7-11)13(15)17/h9-12,16H,2-8H2,1H3,(H2,15,17)/t9-,10?,11+,12?,14?/m0/s1. The van der Waals surface area contributed by atoms with Gasteiger partial charge in [-0.25, -0.2) is 0 Å². The van der Waals surface area contributed by atoms with Crippen molar-refractivity contribution in [1.29, 1.82) is 0 Å². The molecule has 0 aromatic rings. The Morgan fingerprint density at radius 2 is 2.12 bits per heavy atom. The van der Waals surface area contributed by atoms with Crippen molar-refractivity contribution < 1.29 is 4.79 Å². The van der Waals surface area contributed by atoms with Gasteiger partial charge < -0.3 is 11.1 Å². The molecule has 5 atom stereocenters. The minimum atomic E-state index is -0.103. The molecule has 3 aliphatic carbocycles. The van der Waals surface area contributed by atoms with Gasteiger partial charge in [-0.15, -0.1) is 0 Å². The van der Waals surface area contributed by atoms with Crippen LogP contribution in [0.5, 0.6) is 0 Å². The predicted octanol–water partition coefficient (Wildman–Crippen LogP) is 1.81. The number of carbonyl (C=O) groups excluding carboxylic acids is 1. The monoisotopic (exact) mass is 236 g/mol. The number of nitrogens with one attached hydrogen (secondary N) is 1. The third-order valence-electron chi connectivity index (χ3n) is 5.57. The molecule has 0 saturated heterocycles. The predicted molar refractivity (Wildman–Crippen MR) is 67.3 cm³/mol. The van der Waals surface area contributed by atoms with E-state index in [0.717, 1.165) is 25.2 Å². The second kappa shape index (κ2) is 3.98. The molecule has 17 heavy (non-hydrogen) atoms. The van der Waals surface area contributed by atoms with Gasteiger partial charge in [0.25, 0.3) is 0 Å². The molecule has 3 fully saturated rings. The van der Waals surface area contributed by atoms with Crippen molar-refractivity contribution in [3.8, 4) is 0 Å². The maximum atomic E-state index is 11.2. The molecule has 96 valence electrons. The number of nitrogens with two attached hydrogens (primary N) is 1. The molecule has 3 unspecified atom stereocenters. The van der Waals surface area contributed by atoms with Crippen LogP contribution in [-0.4, -0.2) is 18.0 Å². The van der Waals surface area contributed by atoms with E-state index in [2.05, 4.69) is 12.2 Å². The summed E-state index contributed by atoms with van der Waals surface area (Å²) >= 11 is 0. The number of primary amides is 1. The lowest BCUT2D eigenvalue weighted by Crippen LogP contribution is -2.44. The number of carbonyl (C=O) groups is 1. The zero-order valence-corrected chi connectivity index (χ0v) is 10.7. The van der Waals surface area contributed by atoms with E-state index in [0.29, 0.717) is 17.5 Å². The summed E-state index contributed by atoms with van der Waals surface area (Å²) in [5.41, 5.74) is 5.96. The van der Waals surface area contributed by atoms with Crippen molar-refractivity contribution in [2.75, 3.05) is 0 Å².